The highest BCUT2D eigenvalue weighted by Crippen LogP contribution is 2.33. The Labute approximate surface area is 119 Å². The van der Waals surface area contributed by atoms with Gasteiger partial charge in [0, 0.05) is 18.8 Å². The molecule has 0 aliphatic carbocycles. The smallest absolute Gasteiger partial charge is 0.240 e. The van der Waals surface area contributed by atoms with Crippen LogP contribution in [-0.2, 0) is 14.8 Å². The SMILES string of the molecule is CCNCCNS(=O)(=O)c1ccc2c(c1)C(C)C(=O)N2. The van der Waals surface area contributed by atoms with Gasteiger partial charge in [0.15, 0.2) is 0 Å². The topological polar surface area (TPSA) is 87.3 Å². The maximum Gasteiger partial charge on any atom is 0.240 e. The van der Waals surface area contributed by atoms with Gasteiger partial charge in [0.1, 0.15) is 0 Å². The van der Waals surface area contributed by atoms with Crippen molar-refractivity contribution in [2.75, 3.05) is 25.0 Å². The van der Waals surface area contributed by atoms with E-state index in [1.165, 1.54) is 6.07 Å². The monoisotopic (exact) mass is 297 g/mol. The lowest BCUT2D eigenvalue weighted by Gasteiger charge is -2.09. The van der Waals surface area contributed by atoms with Crippen LogP contribution in [-0.4, -0.2) is 34.0 Å². The van der Waals surface area contributed by atoms with Crippen LogP contribution in [0.4, 0.5) is 5.69 Å². The summed E-state index contributed by atoms with van der Waals surface area (Å²) in [5, 5.41) is 5.77. The minimum atomic E-state index is -3.53. The molecule has 1 aliphatic heterocycles. The van der Waals surface area contributed by atoms with E-state index in [0.29, 0.717) is 18.8 Å². The second-order valence-electron chi connectivity index (χ2n) is 4.71. The van der Waals surface area contributed by atoms with Gasteiger partial charge < -0.3 is 10.6 Å². The van der Waals surface area contributed by atoms with Crippen molar-refractivity contribution in [2.45, 2.75) is 24.7 Å². The van der Waals surface area contributed by atoms with Gasteiger partial charge in [-0.05, 0) is 37.2 Å². The first kappa shape index (κ1) is 15.0. The third-order valence-corrected chi connectivity index (χ3v) is 4.75. The number of carbonyl (C=O) groups excluding carboxylic acids is 1. The molecule has 0 spiro atoms. The lowest BCUT2D eigenvalue weighted by molar-refractivity contribution is -0.116. The summed E-state index contributed by atoms with van der Waals surface area (Å²) in [7, 11) is -3.53. The molecule has 1 aliphatic rings. The summed E-state index contributed by atoms with van der Waals surface area (Å²) in [6, 6.07) is 4.70. The molecule has 1 unspecified atom stereocenters. The van der Waals surface area contributed by atoms with Crippen molar-refractivity contribution < 1.29 is 13.2 Å². The van der Waals surface area contributed by atoms with E-state index in [1.54, 1.807) is 19.1 Å². The summed E-state index contributed by atoms with van der Waals surface area (Å²) in [4.78, 5) is 11.7. The molecule has 20 heavy (non-hydrogen) atoms. The van der Waals surface area contributed by atoms with Gasteiger partial charge in [0.25, 0.3) is 0 Å². The molecule has 0 aromatic heterocycles. The maximum absolute atomic E-state index is 12.1. The van der Waals surface area contributed by atoms with Gasteiger partial charge in [-0.1, -0.05) is 6.92 Å². The number of anilines is 1. The highest BCUT2D eigenvalue weighted by Gasteiger charge is 2.28. The number of carbonyl (C=O) groups is 1. The van der Waals surface area contributed by atoms with Crippen LogP contribution in [0.15, 0.2) is 23.1 Å². The first-order valence-electron chi connectivity index (χ1n) is 6.61. The Kier molecular flexibility index (Phi) is 4.42. The molecular weight excluding hydrogens is 278 g/mol. The average Bonchev–Trinajstić information content (AvgIpc) is 2.70. The largest absolute Gasteiger partial charge is 0.325 e. The molecule has 1 heterocycles. The second-order valence-corrected chi connectivity index (χ2v) is 6.48. The third kappa shape index (κ3) is 3.00. The summed E-state index contributed by atoms with van der Waals surface area (Å²) in [5.74, 6) is -0.420. The zero-order chi connectivity index (χ0) is 14.8. The molecule has 0 saturated carbocycles. The predicted molar refractivity (Wildman–Crippen MR) is 77.2 cm³/mol. The van der Waals surface area contributed by atoms with Gasteiger partial charge in [-0.3, -0.25) is 4.79 Å². The minimum absolute atomic E-state index is 0.102. The van der Waals surface area contributed by atoms with E-state index in [1.807, 2.05) is 6.92 Å². The summed E-state index contributed by atoms with van der Waals surface area (Å²) >= 11 is 0. The molecular formula is C13H19N3O3S. The number of likely N-dealkylation sites (N-methyl/N-ethyl adjacent to an activating group) is 1. The molecule has 1 amide bonds. The molecule has 0 radical (unpaired) electrons. The molecule has 0 saturated heterocycles. The number of fused-ring (bicyclic) bond motifs is 1. The van der Waals surface area contributed by atoms with Crippen LogP contribution >= 0.6 is 0 Å². The fourth-order valence-electron chi connectivity index (χ4n) is 2.10. The number of rotatable bonds is 6. The average molecular weight is 297 g/mol. The standard InChI is InChI=1S/C13H19N3O3S/c1-3-14-6-7-15-20(18,19)10-4-5-12-11(8-10)9(2)13(17)16-12/h4-5,8-9,14-15H,3,6-7H2,1-2H3,(H,16,17). The van der Waals surface area contributed by atoms with E-state index in [4.69, 9.17) is 0 Å². The van der Waals surface area contributed by atoms with Gasteiger partial charge in [0.05, 0.1) is 10.8 Å². The normalized spacial score (nSPS) is 17.9. The molecule has 1 aromatic rings. The van der Waals surface area contributed by atoms with Crippen LogP contribution in [0.1, 0.15) is 25.3 Å². The van der Waals surface area contributed by atoms with E-state index in [-0.39, 0.29) is 16.7 Å². The summed E-state index contributed by atoms with van der Waals surface area (Å²) in [6.07, 6.45) is 0. The van der Waals surface area contributed by atoms with E-state index >= 15 is 0 Å². The van der Waals surface area contributed by atoms with Crippen LogP contribution in [0.2, 0.25) is 0 Å². The van der Waals surface area contributed by atoms with Crippen LogP contribution in [0.3, 0.4) is 0 Å². The Bertz CT molecular complexity index is 613. The minimum Gasteiger partial charge on any atom is -0.325 e. The van der Waals surface area contributed by atoms with Crippen molar-refractivity contribution in [3.8, 4) is 0 Å². The van der Waals surface area contributed by atoms with Gasteiger partial charge in [-0.15, -0.1) is 0 Å². The predicted octanol–water partition coefficient (Wildman–Crippen LogP) is 0.630. The molecule has 0 fully saturated rings. The number of hydrogen-bond donors (Lipinski definition) is 3. The second kappa shape index (κ2) is 5.90. The number of sulfonamides is 1. The van der Waals surface area contributed by atoms with Gasteiger partial charge in [0.2, 0.25) is 15.9 Å². The fourth-order valence-corrected chi connectivity index (χ4v) is 3.16. The molecule has 2 rings (SSSR count). The highest BCUT2D eigenvalue weighted by molar-refractivity contribution is 7.89. The molecule has 6 nitrogen and oxygen atoms in total. The van der Waals surface area contributed by atoms with E-state index < -0.39 is 10.0 Å². The van der Waals surface area contributed by atoms with Crippen LogP contribution in [0, 0.1) is 0 Å². The number of benzene rings is 1. The molecule has 7 heteroatoms. The van der Waals surface area contributed by atoms with E-state index in [0.717, 1.165) is 12.1 Å². The van der Waals surface area contributed by atoms with Crippen molar-refractivity contribution in [1.82, 2.24) is 10.0 Å². The first-order valence-corrected chi connectivity index (χ1v) is 8.09. The van der Waals surface area contributed by atoms with Gasteiger partial charge in [-0.25, -0.2) is 13.1 Å². The summed E-state index contributed by atoms with van der Waals surface area (Å²) < 4.78 is 26.8. The molecule has 0 bridgehead atoms. The fraction of sp³-hybridized carbons (Fsp3) is 0.462. The first-order chi connectivity index (χ1) is 9.45. The van der Waals surface area contributed by atoms with Crippen molar-refractivity contribution in [2.24, 2.45) is 0 Å². The third-order valence-electron chi connectivity index (χ3n) is 3.29. The Balaban J connectivity index is 2.16. The van der Waals surface area contributed by atoms with Crippen molar-refractivity contribution in [3.05, 3.63) is 23.8 Å². The van der Waals surface area contributed by atoms with E-state index in [9.17, 15) is 13.2 Å². The Hall–Kier alpha value is -1.44. The molecule has 1 aromatic carbocycles. The van der Waals surface area contributed by atoms with E-state index in [2.05, 4.69) is 15.4 Å². The van der Waals surface area contributed by atoms with Crippen LogP contribution in [0.25, 0.3) is 0 Å². The zero-order valence-corrected chi connectivity index (χ0v) is 12.4. The quantitative estimate of drug-likeness (QED) is 0.672. The lowest BCUT2D eigenvalue weighted by Crippen LogP contribution is -2.31. The summed E-state index contributed by atoms with van der Waals surface area (Å²) in [5.41, 5.74) is 1.42. The summed E-state index contributed by atoms with van der Waals surface area (Å²) in [6.45, 7) is 5.43. The highest BCUT2D eigenvalue weighted by atomic mass is 32.2. The van der Waals surface area contributed by atoms with Gasteiger partial charge in [-0.2, -0.15) is 0 Å². The number of amides is 1. The van der Waals surface area contributed by atoms with Crippen molar-refractivity contribution >= 4 is 21.6 Å². The zero-order valence-electron chi connectivity index (χ0n) is 11.6. The van der Waals surface area contributed by atoms with Gasteiger partial charge >= 0.3 is 0 Å². The van der Waals surface area contributed by atoms with Crippen molar-refractivity contribution in [3.63, 3.8) is 0 Å². The molecule has 1 atom stereocenters. The Morgan fingerprint density at radius 3 is 2.75 bits per heavy atom. The Morgan fingerprint density at radius 1 is 1.30 bits per heavy atom. The maximum atomic E-state index is 12.1. The van der Waals surface area contributed by atoms with Crippen LogP contribution < -0.4 is 15.4 Å². The number of nitrogens with one attached hydrogen (secondary N) is 3. The lowest BCUT2D eigenvalue weighted by atomic mass is 10.0. The molecule has 110 valence electrons. The molecule has 3 N–H and O–H groups in total. The number of hydrogen-bond acceptors (Lipinski definition) is 4. The Morgan fingerprint density at radius 2 is 2.05 bits per heavy atom. The van der Waals surface area contributed by atoms with Crippen molar-refractivity contribution in [1.29, 1.82) is 0 Å². The van der Waals surface area contributed by atoms with Crippen LogP contribution in [0.5, 0.6) is 0 Å².